The highest BCUT2D eigenvalue weighted by Crippen LogP contribution is 2.22. The number of rotatable bonds is 3. The van der Waals surface area contributed by atoms with Gasteiger partial charge in [0.2, 0.25) is 17.2 Å². The molecule has 7 heteroatoms. The van der Waals surface area contributed by atoms with Crippen LogP contribution in [-0.4, -0.2) is 28.0 Å². The van der Waals surface area contributed by atoms with Gasteiger partial charge in [-0.1, -0.05) is 20.8 Å². The second-order valence-corrected chi connectivity index (χ2v) is 4.91. The molecule has 0 aliphatic rings. The molecule has 0 fully saturated rings. The minimum absolute atomic E-state index is 0.0810. The molecular weight excluding hydrogens is 240 g/mol. The van der Waals surface area contributed by atoms with Crippen LogP contribution in [0.2, 0.25) is 5.28 Å². The first-order chi connectivity index (χ1) is 7.86. The van der Waals surface area contributed by atoms with Crippen LogP contribution < -0.4 is 10.6 Å². The molecule has 0 saturated carbocycles. The van der Waals surface area contributed by atoms with Crippen molar-refractivity contribution in [2.75, 3.05) is 17.7 Å². The number of nitrogens with zero attached hydrogens (tertiary/aromatic N) is 4. The van der Waals surface area contributed by atoms with Gasteiger partial charge in [-0.3, -0.25) is 0 Å². The van der Waals surface area contributed by atoms with Crippen LogP contribution in [0.4, 0.5) is 11.9 Å². The van der Waals surface area contributed by atoms with Crippen LogP contribution in [-0.2, 0) is 0 Å². The van der Waals surface area contributed by atoms with Gasteiger partial charge in [0.15, 0.2) is 0 Å². The van der Waals surface area contributed by atoms with E-state index >= 15 is 0 Å². The summed E-state index contributed by atoms with van der Waals surface area (Å²) >= 11 is 5.74. The Morgan fingerprint density at radius 1 is 1.24 bits per heavy atom. The van der Waals surface area contributed by atoms with Crippen LogP contribution in [0.15, 0.2) is 0 Å². The summed E-state index contributed by atoms with van der Waals surface area (Å²) in [5.74, 6) is 0.647. The van der Waals surface area contributed by atoms with E-state index in [2.05, 4.69) is 31.7 Å². The fraction of sp³-hybridized carbons (Fsp3) is 0.600. The fourth-order valence-corrected chi connectivity index (χ4v) is 1.26. The molecule has 0 saturated heterocycles. The molecule has 0 aromatic carbocycles. The second kappa shape index (κ2) is 5.15. The van der Waals surface area contributed by atoms with Gasteiger partial charge in [0.25, 0.3) is 0 Å². The topological polar surface area (TPSA) is 86.5 Å². The Morgan fingerprint density at radius 2 is 1.82 bits per heavy atom. The number of halogens is 1. The highest BCUT2D eigenvalue weighted by molar-refractivity contribution is 6.28. The number of anilines is 2. The molecule has 1 atom stereocenters. The van der Waals surface area contributed by atoms with Crippen LogP contribution in [0.5, 0.6) is 0 Å². The van der Waals surface area contributed by atoms with Crippen molar-refractivity contribution in [2.45, 2.75) is 26.8 Å². The molecule has 0 spiro atoms. The normalized spacial score (nSPS) is 12.7. The van der Waals surface area contributed by atoms with Gasteiger partial charge in [0.05, 0.1) is 6.07 Å². The molecule has 1 unspecified atom stereocenters. The average Bonchev–Trinajstić information content (AvgIpc) is 2.23. The largest absolute Gasteiger partial charge is 0.357 e. The summed E-state index contributed by atoms with van der Waals surface area (Å²) < 4.78 is 0. The van der Waals surface area contributed by atoms with Gasteiger partial charge in [0.1, 0.15) is 6.04 Å². The molecule has 1 aromatic rings. The molecule has 1 heterocycles. The first-order valence-electron chi connectivity index (χ1n) is 5.12. The Bertz CT molecular complexity index is 433. The monoisotopic (exact) mass is 254 g/mol. The molecule has 0 aliphatic carbocycles. The lowest BCUT2D eigenvalue weighted by Gasteiger charge is -2.25. The van der Waals surface area contributed by atoms with Crippen molar-refractivity contribution in [2.24, 2.45) is 5.41 Å². The van der Waals surface area contributed by atoms with Gasteiger partial charge >= 0.3 is 0 Å². The molecule has 6 nitrogen and oxygen atoms in total. The average molecular weight is 255 g/mol. The Morgan fingerprint density at radius 3 is 2.29 bits per heavy atom. The zero-order chi connectivity index (χ0) is 13.1. The molecule has 92 valence electrons. The fourth-order valence-electron chi connectivity index (χ4n) is 1.10. The predicted octanol–water partition coefficient (Wildman–Crippen LogP) is 1.92. The maximum absolute atomic E-state index is 9.09. The SMILES string of the molecule is CNc1nc(Cl)nc(NC(C#N)C(C)(C)C)n1. The van der Waals surface area contributed by atoms with Crippen molar-refractivity contribution in [3.8, 4) is 6.07 Å². The third-order valence-electron chi connectivity index (χ3n) is 2.10. The maximum atomic E-state index is 9.09. The minimum Gasteiger partial charge on any atom is -0.357 e. The number of nitrogens with one attached hydrogen (secondary N) is 2. The summed E-state index contributed by atoms with van der Waals surface area (Å²) in [6, 6.07) is 1.76. The summed E-state index contributed by atoms with van der Waals surface area (Å²) in [6.45, 7) is 5.86. The molecule has 17 heavy (non-hydrogen) atoms. The van der Waals surface area contributed by atoms with E-state index in [1.54, 1.807) is 7.05 Å². The van der Waals surface area contributed by atoms with Gasteiger partial charge < -0.3 is 10.6 Å². The van der Waals surface area contributed by atoms with E-state index in [4.69, 9.17) is 16.9 Å². The summed E-state index contributed by atoms with van der Waals surface area (Å²) in [5, 5.41) is 14.9. The van der Waals surface area contributed by atoms with E-state index < -0.39 is 6.04 Å². The lowest BCUT2D eigenvalue weighted by Crippen LogP contribution is -2.33. The first-order valence-corrected chi connectivity index (χ1v) is 5.50. The molecule has 0 bridgehead atoms. The van der Waals surface area contributed by atoms with Crippen LogP contribution in [0.1, 0.15) is 20.8 Å². The predicted molar refractivity (Wildman–Crippen MR) is 66.9 cm³/mol. The lowest BCUT2D eigenvalue weighted by molar-refractivity contribution is 0.389. The van der Waals surface area contributed by atoms with Gasteiger partial charge in [-0.15, -0.1) is 0 Å². The van der Waals surface area contributed by atoms with E-state index in [0.717, 1.165) is 0 Å². The van der Waals surface area contributed by atoms with Crippen molar-refractivity contribution in [3.05, 3.63) is 5.28 Å². The van der Waals surface area contributed by atoms with Crippen molar-refractivity contribution in [3.63, 3.8) is 0 Å². The second-order valence-electron chi connectivity index (χ2n) is 4.57. The van der Waals surface area contributed by atoms with Gasteiger partial charge in [-0.25, -0.2) is 0 Å². The van der Waals surface area contributed by atoms with E-state index in [1.807, 2.05) is 20.8 Å². The van der Waals surface area contributed by atoms with E-state index in [1.165, 1.54) is 0 Å². The van der Waals surface area contributed by atoms with Gasteiger partial charge in [-0.05, 0) is 17.0 Å². The summed E-state index contributed by atoms with van der Waals surface area (Å²) in [4.78, 5) is 11.9. The van der Waals surface area contributed by atoms with Crippen LogP contribution in [0, 0.1) is 16.7 Å². The van der Waals surface area contributed by atoms with Gasteiger partial charge in [0, 0.05) is 7.05 Å². The molecule has 1 aromatic heterocycles. The number of hydrogen-bond donors (Lipinski definition) is 2. The van der Waals surface area contributed by atoms with E-state index in [9.17, 15) is 0 Å². The molecule has 2 N–H and O–H groups in total. The maximum Gasteiger partial charge on any atom is 0.229 e. The Hall–Kier alpha value is -1.61. The molecule has 0 amide bonds. The highest BCUT2D eigenvalue weighted by atomic mass is 35.5. The minimum atomic E-state index is -0.411. The third kappa shape index (κ3) is 3.71. The Kier molecular flexibility index (Phi) is 4.07. The van der Waals surface area contributed by atoms with Crippen molar-refractivity contribution in [1.82, 2.24) is 15.0 Å². The summed E-state index contributed by atoms with van der Waals surface area (Å²) in [5.41, 5.74) is -0.229. The molecule has 1 rings (SSSR count). The van der Waals surface area contributed by atoms with Crippen molar-refractivity contribution < 1.29 is 0 Å². The zero-order valence-electron chi connectivity index (χ0n) is 10.2. The van der Waals surface area contributed by atoms with Crippen molar-refractivity contribution >= 4 is 23.5 Å². The highest BCUT2D eigenvalue weighted by Gasteiger charge is 2.25. The summed E-state index contributed by atoms with van der Waals surface area (Å²) in [6.07, 6.45) is 0. The standard InChI is InChI=1S/C10H15ClN6/c1-10(2,3)6(5-12)14-9-16-7(11)15-8(13-4)17-9/h6H,1-4H3,(H2,13,14,15,16,17). The quantitative estimate of drug-likeness (QED) is 0.857. The van der Waals surface area contributed by atoms with Crippen LogP contribution >= 0.6 is 11.6 Å². The molecule has 0 radical (unpaired) electrons. The number of nitriles is 1. The smallest absolute Gasteiger partial charge is 0.229 e. The number of aromatic nitrogens is 3. The van der Waals surface area contributed by atoms with Gasteiger partial charge in [-0.2, -0.15) is 20.2 Å². The van der Waals surface area contributed by atoms with E-state index in [0.29, 0.717) is 5.95 Å². The molecular formula is C10H15ClN6. The van der Waals surface area contributed by atoms with Crippen LogP contribution in [0.3, 0.4) is 0 Å². The number of hydrogen-bond acceptors (Lipinski definition) is 6. The first kappa shape index (κ1) is 13.5. The Balaban J connectivity index is 2.95. The molecule has 0 aliphatic heterocycles. The lowest BCUT2D eigenvalue weighted by atomic mass is 9.88. The third-order valence-corrected chi connectivity index (χ3v) is 2.27. The zero-order valence-corrected chi connectivity index (χ0v) is 11.0. The van der Waals surface area contributed by atoms with Crippen LogP contribution in [0.25, 0.3) is 0 Å². The van der Waals surface area contributed by atoms with Crippen molar-refractivity contribution in [1.29, 1.82) is 5.26 Å². The Labute approximate surface area is 105 Å². The summed E-state index contributed by atoms with van der Waals surface area (Å²) in [7, 11) is 1.68. The van der Waals surface area contributed by atoms with E-state index in [-0.39, 0.29) is 16.6 Å².